The molecule has 0 radical (unpaired) electrons. The normalized spacial score (nSPS) is 13.4. The second-order valence-electron chi connectivity index (χ2n) is 4.09. The van der Waals surface area contributed by atoms with Crippen LogP contribution in [-0.4, -0.2) is 39.8 Å². The number of hydrogen-bond donors (Lipinski definition) is 2. The third-order valence-electron chi connectivity index (χ3n) is 2.82. The summed E-state index contributed by atoms with van der Waals surface area (Å²) in [5.41, 5.74) is 1.67. The van der Waals surface area contributed by atoms with E-state index in [2.05, 4.69) is 0 Å². The molecule has 2 aromatic rings. The molecule has 0 fully saturated rings. The summed E-state index contributed by atoms with van der Waals surface area (Å²) in [6.45, 7) is 0. The van der Waals surface area contributed by atoms with E-state index in [0.717, 1.165) is 11.1 Å². The fourth-order valence-corrected chi connectivity index (χ4v) is 1.83. The molecular formula is C15H17NaO2. The van der Waals surface area contributed by atoms with Crippen molar-refractivity contribution in [3.05, 3.63) is 71.8 Å². The Morgan fingerprint density at radius 2 is 1.00 bits per heavy atom. The zero-order chi connectivity index (χ0) is 12.1. The van der Waals surface area contributed by atoms with Crippen LogP contribution in [0.2, 0.25) is 0 Å². The van der Waals surface area contributed by atoms with Crippen molar-refractivity contribution in [3.63, 3.8) is 0 Å². The van der Waals surface area contributed by atoms with Crippen molar-refractivity contribution in [2.45, 2.75) is 18.6 Å². The Balaban J connectivity index is 0.00000162. The number of hydrogen-bond acceptors (Lipinski definition) is 2. The molecule has 90 valence electrons. The molecule has 2 nitrogen and oxygen atoms in total. The van der Waals surface area contributed by atoms with Gasteiger partial charge in [-0.15, -0.1) is 0 Å². The monoisotopic (exact) mass is 252 g/mol. The zero-order valence-corrected chi connectivity index (χ0v) is 9.53. The molecule has 0 aliphatic heterocycles. The molecule has 0 saturated heterocycles. The summed E-state index contributed by atoms with van der Waals surface area (Å²) in [5, 5.41) is 20.0. The first-order valence-electron chi connectivity index (χ1n) is 5.73. The summed E-state index contributed by atoms with van der Waals surface area (Å²) in [6.07, 6.45) is -0.952. The Bertz CT molecular complexity index is 401. The van der Waals surface area contributed by atoms with Crippen LogP contribution < -0.4 is 0 Å². The average molecular weight is 252 g/mol. The van der Waals surface area contributed by atoms with Gasteiger partial charge in [0.15, 0.2) is 0 Å². The molecule has 0 amide bonds. The van der Waals surface area contributed by atoms with E-state index in [1.807, 2.05) is 60.7 Å². The third kappa shape index (κ3) is 4.23. The van der Waals surface area contributed by atoms with Gasteiger partial charge in [0, 0.05) is 6.42 Å². The van der Waals surface area contributed by atoms with E-state index < -0.39 is 12.2 Å². The Morgan fingerprint density at radius 3 is 1.33 bits per heavy atom. The summed E-state index contributed by atoms with van der Waals surface area (Å²) in [6, 6.07) is 18.8. The molecule has 2 rings (SSSR count). The second-order valence-corrected chi connectivity index (χ2v) is 4.09. The molecule has 0 aromatic heterocycles. The van der Waals surface area contributed by atoms with Crippen molar-refractivity contribution >= 4 is 29.6 Å². The molecule has 3 heteroatoms. The van der Waals surface area contributed by atoms with E-state index in [0.29, 0.717) is 6.42 Å². The summed E-state index contributed by atoms with van der Waals surface area (Å²) in [5.74, 6) is 0. The van der Waals surface area contributed by atoms with Gasteiger partial charge in [0.05, 0.1) is 12.2 Å². The van der Waals surface area contributed by atoms with Crippen molar-refractivity contribution < 1.29 is 10.2 Å². The summed E-state index contributed by atoms with van der Waals surface area (Å²) >= 11 is 0. The number of aliphatic hydroxyl groups is 2. The van der Waals surface area contributed by atoms with E-state index in [1.54, 1.807) is 0 Å². The number of aliphatic hydroxyl groups excluding tert-OH is 2. The molecule has 2 N–H and O–H groups in total. The third-order valence-corrected chi connectivity index (χ3v) is 2.82. The molecule has 2 aromatic carbocycles. The average Bonchev–Trinajstić information content (AvgIpc) is 2.40. The summed E-state index contributed by atoms with van der Waals surface area (Å²) in [7, 11) is 0. The van der Waals surface area contributed by atoms with E-state index >= 15 is 0 Å². The van der Waals surface area contributed by atoms with Crippen molar-refractivity contribution in [1.29, 1.82) is 0 Å². The molecule has 0 bridgehead atoms. The summed E-state index contributed by atoms with van der Waals surface area (Å²) < 4.78 is 0. The number of benzene rings is 2. The minimum absolute atomic E-state index is 0. The van der Waals surface area contributed by atoms with Crippen LogP contribution in [0.5, 0.6) is 0 Å². The van der Waals surface area contributed by atoms with Gasteiger partial charge in [0.1, 0.15) is 0 Å². The fourth-order valence-electron chi connectivity index (χ4n) is 1.83. The van der Waals surface area contributed by atoms with Crippen molar-refractivity contribution in [2.75, 3.05) is 0 Å². The van der Waals surface area contributed by atoms with Gasteiger partial charge in [-0.1, -0.05) is 60.7 Å². The molecule has 0 aliphatic rings. The van der Waals surface area contributed by atoms with Crippen LogP contribution in [0.1, 0.15) is 29.8 Å². The molecule has 2 unspecified atom stereocenters. The van der Waals surface area contributed by atoms with Crippen LogP contribution in [0.15, 0.2) is 60.7 Å². The first-order chi connectivity index (χ1) is 8.27. The SMILES string of the molecule is OC(CC(O)c1ccccc1)c1ccccc1.[NaH]. The van der Waals surface area contributed by atoms with Gasteiger partial charge >= 0.3 is 29.6 Å². The maximum absolute atomic E-state index is 9.99. The molecule has 2 atom stereocenters. The van der Waals surface area contributed by atoms with E-state index in [-0.39, 0.29) is 29.6 Å². The Hall–Kier alpha value is -0.640. The van der Waals surface area contributed by atoms with Crippen molar-refractivity contribution in [2.24, 2.45) is 0 Å². The number of rotatable bonds is 4. The first-order valence-corrected chi connectivity index (χ1v) is 5.73. The Labute approximate surface area is 130 Å². The van der Waals surface area contributed by atoms with Crippen LogP contribution in [-0.2, 0) is 0 Å². The Morgan fingerprint density at radius 1 is 0.667 bits per heavy atom. The molecular weight excluding hydrogens is 235 g/mol. The van der Waals surface area contributed by atoms with Crippen LogP contribution in [0, 0.1) is 0 Å². The second kappa shape index (κ2) is 7.72. The molecule has 0 spiro atoms. The van der Waals surface area contributed by atoms with E-state index in [4.69, 9.17) is 0 Å². The Kier molecular flexibility index (Phi) is 6.61. The standard InChI is InChI=1S/C15H16O2.Na.H/c16-14(12-7-3-1-4-8-12)11-15(17)13-9-5-2-6-10-13;;/h1-10,14-17H,11H2;;. The minimum atomic E-state index is -0.633. The summed E-state index contributed by atoms with van der Waals surface area (Å²) in [4.78, 5) is 0. The van der Waals surface area contributed by atoms with E-state index in [9.17, 15) is 10.2 Å². The van der Waals surface area contributed by atoms with Crippen LogP contribution in [0.4, 0.5) is 0 Å². The van der Waals surface area contributed by atoms with Gasteiger partial charge in [0.25, 0.3) is 0 Å². The predicted molar refractivity (Wildman–Crippen MR) is 74.6 cm³/mol. The van der Waals surface area contributed by atoms with Crippen molar-refractivity contribution in [1.82, 2.24) is 0 Å². The molecule has 0 heterocycles. The van der Waals surface area contributed by atoms with Gasteiger partial charge in [-0.3, -0.25) is 0 Å². The molecule has 18 heavy (non-hydrogen) atoms. The topological polar surface area (TPSA) is 40.5 Å². The quantitative estimate of drug-likeness (QED) is 0.819. The zero-order valence-electron chi connectivity index (χ0n) is 9.53. The van der Waals surface area contributed by atoms with Gasteiger partial charge in [-0.25, -0.2) is 0 Å². The van der Waals surface area contributed by atoms with Crippen LogP contribution >= 0.6 is 0 Å². The maximum atomic E-state index is 9.99. The molecule has 0 saturated carbocycles. The van der Waals surface area contributed by atoms with Crippen LogP contribution in [0.3, 0.4) is 0 Å². The van der Waals surface area contributed by atoms with Crippen LogP contribution in [0.25, 0.3) is 0 Å². The van der Waals surface area contributed by atoms with Gasteiger partial charge in [-0.2, -0.15) is 0 Å². The van der Waals surface area contributed by atoms with Gasteiger partial charge < -0.3 is 10.2 Å². The van der Waals surface area contributed by atoms with Gasteiger partial charge in [0.2, 0.25) is 0 Å². The van der Waals surface area contributed by atoms with E-state index in [1.165, 1.54) is 0 Å². The molecule has 0 aliphatic carbocycles. The van der Waals surface area contributed by atoms with Crippen molar-refractivity contribution in [3.8, 4) is 0 Å². The predicted octanol–water partition coefficient (Wildman–Crippen LogP) is 2.20. The first kappa shape index (κ1) is 15.4. The fraction of sp³-hybridized carbons (Fsp3) is 0.200. The van der Waals surface area contributed by atoms with Gasteiger partial charge in [-0.05, 0) is 11.1 Å².